The fourth-order valence-electron chi connectivity index (χ4n) is 2.52. The second-order valence-corrected chi connectivity index (χ2v) is 6.89. The molecule has 2 heterocycles. The van der Waals surface area contributed by atoms with Crippen LogP contribution in [0.15, 0.2) is 24.3 Å². The van der Waals surface area contributed by atoms with Gasteiger partial charge < -0.3 is 14.2 Å². The summed E-state index contributed by atoms with van der Waals surface area (Å²) in [6, 6.07) is 7.45. The van der Waals surface area contributed by atoms with Gasteiger partial charge in [-0.2, -0.15) is 0 Å². The molecule has 2 aliphatic heterocycles. The zero-order valence-corrected chi connectivity index (χ0v) is 12.8. The third-order valence-electron chi connectivity index (χ3n) is 4.63. The third kappa shape index (κ3) is 2.55. The summed E-state index contributed by atoms with van der Waals surface area (Å²) >= 11 is 0. The van der Waals surface area contributed by atoms with Crippen molar-refractivity contribution in [3.63, 3.8) is 0 Å². The highest BCUT2D eigenvalue weighted by atomic mass is 19.3. The Labute approximate surface area is 124 Å². The largest absolute Gasteiger partial charge is 0.494 e. The van der Waals surface area contributed by atoms with E-state index in [2.05, 4.69) is 0 Å². The van der Waals surface area contributed by atoms with Crippen molar-refractivity contribution < 1.29 is 18.1 Å². The van der Waals surface area contributed by atoms with Gasteiger partial charge in [0.05, 0.1) is 24.3 Å². The summed E-state index contributed by atoms with van der Waals surface area (Å²) in [5.41, 5.74) is 0.956. The Hall–Kier alpha value is -1.14. The maximum absolute atomic E-state index is 12.9. The first kappa shape index (κ1) is 14.8. The van der Waals surface area contributed by atoms with Crippen molar-refractivity contribution >= 4 is 18.3 Å². The van der Waals surface area contributed by atoms with Crippen LogP contribution in [0.2, 0.25) is 0 Å². The van der Waals surface area contributed by atoms with Crippen molar-refractivity contribution in [2.45, 2.75) is 44.8 Å². The van der Waals surface area contributed by atoms with Crippen LogP contribution in [0.25, 0.3) is 0 Å². The van der Waals surface area contributed by atoms with Crippen LogP contribution in [0.1, 0.15) is 27.7 Å². The van der Waals surface area contributed by atoms with Gasteiger partial charge in [0.1, 0.15) is 0 Å². The van der Waals surface area contributed by atoms with Crippen molar-refractivity contribution in [2.24, 2.45) is 0 Å². The van der Waals surface area contributed by atoms with E-state index in [-0.39, 0.29) is 24.3 Å². The number of hydrogen-bond acceptors (Lipinski definition) is 3. The summed E-state index contributed by atoms with van der Waals surface area (Å²) in [4.78, 5) is 1.66. The Balaban J connectivity index is 1.71. The molecule has 1 aromatic rings. The summed E-state index contributed by atoms with van der Waals surface area (Å²) in [6.07, 6.45) is 0. The standard InChI is InChI=1S/C15H20BF2NO2/c1-13(2)14(3,4)21-16(20-13)11-5-7-12(8-6-11)19-9-15(17,18)10-19/h5-8H,9-10H2,1-4H3. The van der Waals surface area contributed by atoms with Gasteiger partial charge in [-0.15, -0.1) is 0 Å². The van der Waals surface area contributed by atoms with Gasteiger partial charge in [0.25, 0.3) is 5.92 Å². The van der Waals surface area contributed by atoms with Gasteiger partial charge in [0.15, 0.2) is 0 Å². The highest BCUT2D eigenvalue weighted by Gasteiger charge is 2.51. The first-order valence-corrected chi connectivity index (χ1v) is 7.18. The summed E-state index contributed by atoms with van der Waals surface area (Å²) in [7, 11) is -0.415. The molecule has 0 amide bonds. The molecule has 2 saturated heterocycles. The Morgan fingerprint density at radius 1 is 0.952 bits per heavy atom. The molecule has 0 radical (unpaired) electrons. The number of anilines is 1. The van der Waals surface area contributed by atoms with Gasteiger partial charge in [-0.25, -0.2) is 8.78 Å². The van der Waals surface area contributed by atoms with Crippen molar-refractivity contribution in [1.82, 2.24) is 0 Å². The number of nitrogens with zero attached hydrogens (tertiary/aromatic N) is 1. The molecule has 0 aliphatic carbocycles. The predicted octanol–water partition coefficient (Wildman–Crippen LogP) is 2.44. The number of halogens is 2. The van der Waals surface area contributed by atoms with E-state index in [0.29, 0.717) is 0 Å². The van der Waals surface area contributed by atoms with E-state index in [9.17, 15) is 8.78 Å². The van der Waals surface area contributed by atoms with Gasteiger partial charge in [0, 0.05) is 5.69 Å². The van der Waals surface area contributed by atoms with Gasteiger partial charge in [-0.1, -0.05) is 12.1 Å². The first-order valence-electron chi connectivity index (χ1n) is 7.18. The second-order valence-electron chi connectivity index (χ2n) is 6.89. The molecule has 0 spiro atoms. The zero-order chi connectivity index (χ0) is 15.5. The molecule has 2 fully saturated rings. The maximum Gasteiger partial charge on any atom is 0.494 e. The quantitative estimate of drug-likeness (QED) is 0.782. The normalized spacial score (nSPS) is 25.8. The van der Waals surface area contributed by atoms with Gasteiger partial charge in [0.2, 0.25) is 0 Å². The minimum atomic E-state index is -2.55. The summed E-state index contributed by atoms with van der Waals surface area (Å²) in [6.45, 7) is 7.60. The molecule has 0 unspecified atom stereocenters. The summed E-state index contributed by atoms with van der Waals surface area (Å²) in [5.74, 6) is -2.55. The van der Waals surface area contributed by atoms with E-state index < -0.39 is 13.0 Å². The van der Waals surface area contributed by atoms with E-state index in [1.54, 1.807) is 4.90 Å². The molecule has 114 valence electrons. The van der Waals surface area contributed by atoms with Crippen LogP contribution in [-0.4, -0.2) is 37.3 Å². The Bertz CT molecular complexity index is 521. The number of alkyl halides is 2. The highest BCUT2D eigenvalue weighted by Crippen LogP contribution is 2.37. The molecule has 3 nitrogen and oxygen atoms in total. The molecule has 0 saturated carbocycles. The molecule has 0 aromatic heterocycles. The van der Waals surface area contributed by atoms with E-state index in [1.165, 1.54) is 0 Å². The van der Waals surface area contributed by atoms with E-state index in [4.69, 9.17) is 9.31 Å². The molecular weight excluding hydrogens is 275 g/mol. The van der Waals surface area contributed by atoms with Crippen molar-refractivity contribution in [3.05, 3.63) is 24.3 Å². The van der Waals surface area contributed by atoms with Gasteiger partial charge in [-0.05, 0) is 45.3 Å². The minimum absolute atomic E-state index is 0.206. The van der Waals surface area contributed by atoms with Gasteiger partial charge in [-0.3, -0.25) is 0 Å². The Kier molecular flexibility index (Phi) is 3.12. The van der Waals surface area contributed by atoms with Crippen molar-refractivity contribution in [1.29, 1.82) is 0 Å². The molecule has 3 rings (SSSR count). The second kappa shape index (κ2) is 4.43. The monoisotopic (exact) mass is 295 g/mol. The molecule has 6 heteroatoms. The van der Waals surface area contributed by atoms with Crippen molar-refractivity contribution in [2.75, 3.05) is 18.0 Å². The Morgan fingerprint density at radius 2 is 1.43 bits per heavy atom. The summed E-state index contributed by atoms with van der Waals surface area (Å²) in [5, 5.41) is 0. The average molecular weight is 295 g/mol. The average Bonchev–Trinajstić information content (AvgIpc) is 2.56. The molecular formula is C15H20BF2NO2. The van der Waals surface area contributed by atoms with Crippen LogP contribution in [0, 0.1) is 0 Å². The van der Waals surface area contributed by atoms with Crippen LogP contribution in [-0.2, 0) is 9.31 Å². The molecule has 21 heavy (non-hydrogen) atoms. The van der Waals surface area contributed by atoms with E-state index in [0.717, 1.165) is 11.2 Å². The lowest BCUT2D eigenvalue weighted by atomic mass is 9.79. The van der Waals surface area contributed by atoms with Crippen LogP contribution in [0.4, 0.5) is 14.5 Å². The molecule has 0 atom stereocenters. The topological polar surface area (TPSA) is 21.7 Å². The number of hydrogen-bond donors (Lipinski definition) is 0. The maximum atomic E-state index is 12.9. The summed E-state index contributed by atoms with van der Waals surface area (Å²) < 4.78 is 37.7. The van der Waals surface area contributed by atoms with Gasteiger partial charge >= 0.3 is 7.12 Å². The lowest BCUT2D eigenvalue weighted by molar-refractivity contribution is -0.0262. The fourth-order valence-corrected chi connectivity index (χ4v) is 2.52. The molecule has 0 N–H and O–H groups in total. The molecule has 1 aromatic carbocycles. The fraction of sp³-hybridized carbons (Fsp3) is 0.600. The lowest BCUT2D eigenvalue weighted by Crippen LogP contribution is -2.56. The highest BCUT2D eigenvalue weighted by molar-refractivity contribution is 6.62. The molecule has 0 bridgehead atoms. The lowest BCUT2D eigenvalue weighted by Gasteiger charge is -2.40. The number of benzene rings is 1. The zero-order valence-electron chi connectivity index (χ0n) is 12.8. The van der Waals surface area contributed by atoms with Crippen LogP contribution in [0.5, 0.6) is 0 Å². The number of rotatable bonds is 2. The molecule has 2 aliphatic rings. The van der Waals surface area contributed by atoms with E-state index >= 15 is 0 Å². The first-order chi connectivity index (χ1) is 9.60. The predicted molar refractivity (Wildman–Crippen MR) is 79.3 cm³/mol. The van der Waals surface area contributed by atoms with E-state index in [1.807, 2.05) is 52.0 Å². The van der Waals surface area contributed by atoms with Crippen LogP contribution in [0.3, 0.4) is 0 Å². The smallest absolute Gasteiger partial charge is 0.399 e. The third-order valence-corrected chi connectivity index (χ3v) is 4.63. The van der Waals surface area contributed by atoms with Crippen LogP contribution >= 0.6 is 0 Å². The Morgan fingerprint density at radius 3 is 1.86 bits per heavy atom. The SMILES string of the molecule is CC1(C)OB(c2ccc(N3CC(F)(F)C3)cc2)OC1(C)C. The van der Waals surface area contributed by atoms with Crippen molar-refractivity contribution in [3.8, 4) is 0 Å². The van der Waals surface area contributed by atoms with Crippen LogP contribution < -0.4 is 10.4 Å². The minimum Gasteiger partial charge on any atom is -0.399 e.